The molecule has 1 heterocycles. The largest absolute Gasteiger partial charge is 0.480 e. The molecule has 88 valence electrons. The first-order valence-electron chi connectivity index (χ1n) is 5.28. The molecule has 17 heavy (non-hydrogen) atoms. The second-order valence-corrected chi connectivity index (χ2v) is 3.58. The number of ether oxygens (including phenoxy) is 1. The van der Waals surface area contributed by atoms with Crippen LogP contribution in [0.3, 0.4) is 0 Å². The van der Waals surface area contributed by atoms with E-state index in [-0.39, 0.29) is 5.78 Å². The maximum atomic E-state index is 11.7. The molecule has 0 bridgehead atoms. The third kappa shape index (κ3) is 2.39. The minimum atomic E-state index is 0.0204. The number of methoxy groups -OCH3 is 1. The van der Waals surface area contributed by atoms with E-state index in [1.807, 2.05) is 0 Å². The molecule has 0 amide bonds. The molecule has 2 aromatic rings. The number of carbonyl (C=O) groups is 1. The number of ketones is 1. The van der Waals surface area contributed by atoms with Gasteiger partial charge in [0.25, 0.3) is 0 Å². The quantitative estimate of drug-likeness (QED) is 0.799. The summed E-state index contributed by atoms with van der Waals surface area (Å²) in [7, 11) is 1.54. The predicted molar refractivity (Wildman–Crippen MR) is 64.1 cm³/mol. The van der Waals surface area contributed by atoms with Gasteiger partial charge < -0.3 is 10.5 Å². The smallest absolute Gasteiger partial charge is 0.232 e. The average molecular weight is 231 g/mol. The van der Waals surface area contributed by atoms with Crippen LogP contribution in [0.4, 0.5) is 0 Å². The number of Topliss-reactive ketones (excluding diaryl/α,β-unsaturated/α-hetero) is 1. The molecule has 0 spiro atoms. The van der Waals surface area contributed by atoms with Crippen LogP contribution in [0.15, 0.2) is 24.4 Å². The summed E-state index contributed by atoms with van der Waals surface area (Å²) in [6.45, 7) is 0.352. The lowest BCUT2D eigenvalue weighted by atomic mass is 10.1. The van der Waals surface area contributed by atoms with Gasteiger partial charge in [-0.25, -0.2) is 9.97 Å². The number of hydrogen-bond acceptors (Lipinski definition) is 5. The third-order valence-electron chi connectivity index (χ3n) is 2.42. The van der Waals surface area contributed by atoms with E-state index in [9.17, 15) is 4.79 Å². The Kier molecular flexibility index (Phi) is 3.30. The number of carbonyl (C=O) groups excluding carboxylic acids is 1. The van der Waals surface area contributed by atoms with Gasteiger partial charge in [-0.05, 0) is 24.7 Å². The van der Waals surface area contributed by atoms with Crippen molar-refractivity contribution in [2.45, 2.75) is 6.42 Å². The summed E-state index contributed by atoms with van der Waals surface area (Å²) in [5.74, 6) is 0.477. The van der Waals surface area contributed by atoms with E-state index >= 15 is 0 Å². The van der Waals surface area contributed by atoms with Crippen molar-refractivity contribution in [1.29, 1.82) is 0 Å². The zero-order valence-corrected chi connectivity index (χ0v) is 9.51. The maximum Gasteiger partial charge on any atom is 0.232 e. The summed E-state index contributed by atoms with van der Waals surface area (Å²) in [5, 5.41) is 0. The topological polar surface area (TPSA) is 78.1 Å². The lowest BCUT2D eigenvalue weighted by molar-refractivity contribution is 0.0985. The van der Waals surface area contributed by atoms with Crippen LogP contribution in [-0.4, -0.2) is 29.4 Å². The Balaban J connectivity index is 2.41. The Hall–Kier alpha value is -2.01. The lowest BCUT2D eigenvalue weighted by Crippen LogP contribution is -2.08. The molecule has 0 aliphatic carbocycles. The van der Waals surface area contributed by atoms with E-state index in [1.54, 1.807) is 18.2 Å². The molecule has 0 unspecified atom stereocenters. The zero-order valence-electron chi connectivity index (χ0n) is 9.51. The number of aromatic nitrogens is 2. The number of hydrogen-bond donors (Lipinski definition) is 1. The molecule has 2 N–H and O–H groups in total. The van der Waals surface area contributed by atoms with Crippen molar-refractivity contribution in [1.82, 2.24) is 9.97 Å². The number of nitrogens with two attached hydrogens (primary N) is 1. The molecule has 0 saturated heterocycles. The molecule has 5 heteroatoms. The van der Waals surface area contributed by atoms with Gasteiger partial charge in [0.2, 0.25) is 5.88 Å². The van der Waals surface area contributed by atoms with E-state index in [0.717, 1.165) is 0 Å². The summed E-state index contributed by atoms with van der Waals surface area (Å²) >= 11 is 0. The Morgan fingerprint density at radius 2 is 2.24 bits per heavy atom. The maximum absolute atomic E-state index is 11.7. The van der Waals surface area contributed by atoms with Crippen molar-refractivity contribution < 1.29 is 9.53 Å². The molecule has 2 rings (SSSR count). The predicted octanol–water partition coefficient (Wildman–Crippen LogP) is 1.17. The SMILES string of the molecule is COc1cnc2cc(C(=O)CCN)ccc2n1. The van der Waals surface area contributed by atoms with Crippen LogP contribution in [0.2, 0.25) is 0 Å². The van der Waals surface area contributed by atoms with Gasteiger partial charge in [0.1, 0.15) is 0 Å². The van der Waals surface area contributed by atoms with Crippen LogP contribution in [-0.2, 0) is 0 Å². The molecule has 0 aliphatic heterocycles. The van der Waals surface area contributed by atoms with Gasteiger partial charge >= 0.3 is 0 Å². The third-order valence-corrected chi connectivity index (χ3v) is 2.42. The van der Waals surface area contributed by atoms with Crippen LogP contribution in [0.1, 0.15) is 16.8 Å². The molecular weight excluding hydrogens is 218 g/mol. The van der Waals surface area contributed by atoms with Crippen molar-refractivity contribution in [2.75, 3.05) is 13.7 Å². The van der Waals surface area contributed by atoms with Crippen LogP contribution >= 0.6 is 0 Å². The summed E-state index contributed by atoms with van der Waals surface area (Å²) in [5.41, 5.74) is 7.34. The normalized spacial score (nSPS) is 10.5. The first kappa shape index (κ1) is 11.5. The van der Waals surface area contributed by atoms with Gasteiger partial charge in [-0.1, -0.05) is 0 Å². The summed E-state index contributed by atoms with van der Waals surface area (Å²) in [6.07, 6.45) is 1.87. The van der Waals surface area contributed by atoms with Gasteiger partial charge in [0.05, 0.1) is 24.3 Å². The minimum absolute atomic E-state index is 0.0204. The van der Waals surface area contributed by atoms with Crippen LogP contribution in [0.5, 0.6) is 5.88 Å². The lowest BCUT2D eigenvalue weighted by Gasteiger charge is -2.03. The molecule has 0 atom stereocenters. The number of rotatable bonds is 4. The fourth-order valence-corrected chi connectivity index (χ4v) is 1.54. The zero-order chi connectivity index (χ0) is 12.3. The highest BCUT2D eigenvalue weighted by molar-refractivity contribution is 5.98. The van der Waals surface area contributed by atoms with Crippen LogP contribution in [0, 0.1) is 0 Å². The van der Waals surface area contributed by atoms with Crippen molar-refractivity contribution in [3.63, 3.8) is 0 Å². The van der Waals surface area contributed by atoms with Crippen molar-refractivity contribution in [2.24, 2.45) is 5.73 Å². The fourth-order valence-electron chi connectivity index (χ4n) is 1.54. The Morgan fingerprint density at radius 1 is 1.41 bits per heavy atom. The molecule has 0 fully saturated rings. The van der Waals surface area contributed by atoms with Gasteiger partial charge in [-0.3, -0.25) is 4.79 Å². The van der Waals surface area contributed by atoms with E-state index in [2.05, 4.69) is 9.97 Å². The second kappa shape index (κ2) is 4.88. The number of fused-ring (bicyclic) bond motifs is 1. The van der Waals surface area contributed by atoms with Crippen LogP contribution in [0.25, 0.3) is 11.0 Å². The summed E-state index contributed by atoms with van der Waals surface area (Å²) < 4.78 is 4.98. The average Bonchev–Trinajstić information content (AvgIpc) is 2.37. The van der Waals surface area contributed by atoms with Crippen molar-refractivity contribution in [3.05, 3.63) is 30.0 Å². The van der Waals surface area contributed by atoms with E-state index in [0.29, 0.717) is 35.4 Å². The molecular formula is C12H13N3O2. The first-order valence-corrected chi connectivity index (χ1v) is 5.28. The molecule has 0 aliphatic rings. The van der Waals surface area contributed by atoms with Gasteiger partial charge in [-0.15, -0.1) is 0 Å². The second-order valence-electron chi connectivity index (χ2n) is 3.58. The summed E-state index contributed by atoms with van der Waals surface area (Å²) in [6, 6.07) is 5.21. The standard InChI is InChI=1S/C12H13N3O2/c1-17-12-7-14-10-6-8(11(16)4-5-13)2-3-9(10)15-12/h2-3,6-7H,4-5,13H2,1H3. The van der Waals surface area contributed by atoms with Gasteiger partial charge in [0, 0.05) is 12.0 Å². The molecule has 0 saturated carbocycles. The van der Waals surface area contributed by atoms with Crippen LogP contribution < -0.4 is 10.5 Å². The molecule has 1 aromatic carbocycles. The van der Waals surface area contributed by atoms with Gasteiger partial charge in [-0.2, -0.15) is 0 Å². The molecule has 0 radical (unpaired) electrons. The van der Waals surface area contributed by atoms with E-state index in [1.165, 1.54) is 13.3 Å². The fraction of sp³-hybridized carbons (Fsp3) is 0.250. The van der Waals surface area contributed by atoms with Gasteiger partial charge in [0.15, 0.2) is 5.78 Å². The highest BCUT2D eigenvalue weighted by Gasteiger charge is 2.07. The minimum Gasteiger partial charge on any atom is -0.480 e. The van der Waals surface area contributed by atoms with E-state index in [4.69, 9.17) is 10.5 Å². The number of benzene rings is 1. The van der Waals surface area contributed by atoms with E-state index < -0.39 is 0 Å². The van der Waals surface area contributed by atoms with Crippen molar-refractivity contribution >= 4 is 16.8 Å². The first-order chi connectivity index (χ1) is 8.24. The highest BCUT2D eigenvalue weighted by atomic mass is 16.5. The summed E-state index contributed by atoms with van der Waals surface area (Å²) in [4.78, 5) is 20.1. The monoisotopic (exact) mass is 231 g/mol. The highest BCUT2D eigenvalue weighted by Crippen LogP contribution is 2.16. The Morgan fingerprint density at radius 3 is 2.94 bits per heavy atom. The molecule has 1 aromatic heterocycles. The Bertz CT molecular complexity index is 554. The van der Waals surface area contributed by atoms with Crippen molar-refractivity contribution in [3.8, 4) is 5.88 Å². The Labute approximate surface area is 98.6 Å². The molecule has 5 nitrogen and oxygen atoms in total. The number of nitrogens with zero attached hydrogens (tertiary/aromatic N) is 2.